The van der Waals surface area contributed by atoms with Crippen LogP contribution in [-0.2, 0) is 0 Å². The van der Waals surface area contributed by atoms with Crippen molar-refractivity contribution in [3.63, 3.8) is 0 Å². The second kappa shape index (κ2) is 7.47. The highest BCUT2D eigenvalue weighted by Crippen LogP contribution is 2.34. The lowest BCUT2D eigenvalue weighted by Crippen LogP contribution is -2.40. The third kappa shape index (κ3) is 4.05. The van der Waals surface area contributed by atoms with Gasteiger partial charge in [0.2, 0.25) is 6.79 Å². The first-order chi connectivity index (χ1) is 12.0. The zero-order chi connectivity index (χ0) is 17.8. The summed E-state index contributed by atoms with van der Waals surface area (Å²) < 4.78 is 10.7. The number of nitrogens with one attached hydrogen (secondary N) is 2. The van der Waals surface area contributed by atoms with Crippen LogP contribution in [0, 0.1) is 5.92 Å². The molecule has 0 saturated carbocycles. The number of carbonyl (C=O) groups excluding carboxylic acids is 1. The van der Waals surface area contributed by atoms with Crippen LogP contribution in [0.3, 0.4) is 0 Å². The van der Waals surface area contributed by atoms with Crippen molar-refractivity contribution in [2.24, 2.45) is 5.92 Å². The Labute approximate surface area is 148 Å². The van der Waals surface area contributed by atoms with E-state index in [-0.39, 0.29) is 30.8 Å². The summed E-state index contributed by atoms with van der Waals surface area (Å²) in [6, 6.07) is 15.4. The van der Waals surface area contributed by atoms with E-state index in [4.69, 9.17) is 9.47 Å². The van der Waals surface area contributed by atoms with E-state index >= 15 is 0 Å². The molecule has 1 aliphatic rings. The maximum atomic E-state index is 12.5. The van der Waals surface area contributed by atoms with Crippen molar-refractivity contribution in [3.8, 4) is 11.5 Å². The van der Waals surface area contributed by atoms with Gasteiger partial charge < -0.3 is 20.1 Å². The van der Waals surface area contributed by atoms with Crippen molar-refractivity contribution in [1.82, 2.24) is 10.6 Å². The van der Waals surface area contributed by atoms with Gasteiger partial charge in [-0.15, -0.1) is 0 Å². The first kappa shape index (κ1) is 17.1. The van der Waals surface area contributed by atoms with E-state index in [0.29, 0.717) is 0 Å². The Morgan fingerprint density at radius 3 is 2.36 bits per heavy atom. The Kier molecular flexibility index (Phi) is 5.12. The van der Waals surface area contributed by atoms with Gasteiger partial charge in [0.05, 0.1) is 12.1 Å². The van der Waals surface area contributed by atoms with Crippen LogP contribution in [0.2, 0.25) is 0 Å². The van der Waals surface area contributed by atoms with E-state index in [9.17, 15) is 4.79 Å². The van der Waals surface area contributed by atoms with Gasteiger partial charge in [0.15, 0.2) is 11.5 Å². The van der Waals surface area contributed by atoms with Gasteiger partial charge in [-0.3, -0.25) is 0 Å². The molecule has 0 aliphatic carbocycles. The van der Waals surface area contributed by atoms with Crippen LogP contribution in [0.4, 0.5) is 4.79 Å². The Balaban J connectivity index is 1.64. The highest BCUT2D eigenvalue weighted by Gasteiger charge is 2.20. The van der Waals surface area contributed by atoms with Crippen molar-refractivity contribution in [2.75, 3.05) is 6.79 Å². The minimum Gasteiger partial charge on any atom is -0.454 e. The molecule has 0 spiro atoms. The van der Waals surface area contributed by atoms with Crippen LogP contribution in [0.5, 0.6) is 11.5 Å². The molecule has 0 aromatic heterocycles. The third-order valence-corrected chi connectivity index (χ3v) is 4.36. The quantitative estimate of drug-likeness (QED) is 0.859. The highest BCUT2D eigenvalue weighted by molar-refractivity contribution is 5.75. The van der Waals surface area contributed by atoms with Gasteiger partial charge >= 0.3 is 6.03 Å². The molecule has 0 bridgehead atoms. The molecule has 0 radical (unpaired) electrons. The molecular weight excluding hydrogens is 316 g/mol. The molecule has 0 saturated heterocycles. The van der Waals surface area contributed by atoms with Crippen LogP contribution in [0.15, 0.2) is 48.5 Å². The zero-order valence-electron chi connectivity index (χ0n) is 14.8. The molecule has 25 heavy (non-hydrogen) atoms. The molecule has 5 nitrogen and oxygen atoms in total. The largest absolute Gasteiger partial charge is 0.454 e. The lowest BCUT2D eigenvalue weighted by Gasteiger charge is -2.24. The molecule has 5 heteroatoms. The van der Waals surface area contributed by atoms with E-state index in [1.165, 1.54) is 0 Å². The second-order valence-electron chi connectivity index (χ2n) is 6.58. The van der Waals surface area contributed by atoms with Crippen molar-refractivity contribution in [3.05, 3.63) is 59.7 Å². The number of hydrogen-bond donors (Lipinski definition) is 2. The van der Waals surface area contributed by atoms with E-state index in [2.05, 4.69) is 24.5 Å². The van der Waals surface area contributed by atoms with Gasteiger partial charge in [0.1, 0.15) is 0 Å². The number of hydrogen-bond acceptors (Lipinski definition) is 3. The van der Waals surface area contributed by atoms with Crippen LogP contribution < -0.4 is 20.1 Å². The third-order valence-electron chi connectivity index (χ3n) is 4.36. The van der Waals surface area contributed by atoms with E-state index in [0.717, 1.165) is 22.6 Å². The minimum atomic E-state index is -0.187. The summed E-state index contributed by atoms with van der Waals surface area (Å²) in [4.78, 5) is 12.5. The summed E-state index contributed by atoms with van der Waals surface area (Å²) in [6.07, 6.45) is 0. The average Bonchev–Trinajstić information content (AvgIpc) is 3.07. The van der Waals surface area contributed by atoms with Gasteiger partial charge in [-0.1, -0.05) is 50.2 Å². The maximum Gasteiger partial charge on any atom is 0.315 e. The SMILES string of the molecule is CC(NC(=O)NC(c1ccccc1)C(C)C)c1ccc2c(c1)OCO2. The fourth-order valence-electron chi connectivity index (χ4n) is 2.94. The van der Waals surface area contributed by atoms with Crippen molar-refractivity contribution >= 4 is 6.03 Å². The van der Waals surface area contributed by atoms with Crippen molar-refractivity contribution in [1.29, 1.82) is 0 Å². The second-order valence-corrected chi connectivity index (χ2v) is 6.58. The van der Waals surface area contributed by atoms with Crippen LogP contribution in [-0.4, -0.2) is 12.8 Å². The number of fused-ring (bicyclic) bond motifs is 1. The highest BCUT2D eigenvalue weighted by atomic mass is 16.7. The molecule has 2 unspecified atom stereocenters. The van der Waals surface area contributed by atoms with Gasteiger partial charge in [0.25, 0.3) is 0 Å². The minimum absolute atomic E-state index is 0.0369. The molecule has 1 aliphatic heterocycles. The number of ether oxygens (including phenoxy) is 2. The summed E-state index contributed by atoms with van der Waals surface area (Å²) in [5, 5.41) is 6.08. The first-order valence-corrected chi connectivity index (χ1v) is 8.56. The topological polar surface area (TPSA) is 59.6 Å². The lowest BCUT2D eigenvalue weighted by atomic mass is 9.96. The summed E-state index contributed by atoms with van der Waals surface area (Å²) in [5.74, 6) is 1.74. The molecule has 132 valence electrons. The number of rotatable bonds is 5. The zero-order valence-corrected chi connectivity index (χ0v) is 14.8. The predicted molar refractivity (Wildman–Crippen MR) is 96.7 cm³/mol. The molecule has 2 amide bonds. The summed E-state index contributed by atoms with van der Waals surface area (Å²) in [5.41, 5.74) is 2.07. The van der Waals surface area contributed by atoms with Crippen LogP contribution in [0.25, 0.3) is 0 Å². The Bertz CT molecular complexity index is 731. The van der Waals surface area contributed by atoms with Crippen LogP contribution >= 0.6 is 0 Å². The molecule has 2 atom stereocenters. The van der Waals surface area contributed by atoms with E-state index in [1.807, 2.05) is 55.5 Å². The molecular formula is C20H24N2O3. The standard InChI is InChI=1S/C20H24N2O3/c1-13(2)19(15-7-5-4-6-8-15)22-20(23)21-14(3)16-9-10-17-18(11-16)25-12-24-17/h4-11,13-14,19H,12H2,1-3H3,(H2,21,22,23). The van der Waals surface area contributed by atoms with Crippen molar-refractivity contribution < 1.29 is 14.3 Å². The van der Waals surface area contributed by atoms with E-state index in [1.54, 1.807) is 0 Å². The number of benzene rings is 2. The number of urea groups is 1. The van der Waals surface area contributed by atoms with E-state index < -0.39 is 0 Å². The monoisotopic (exact) mass is 340 g/mol. The molecule has 0 fully saturated rings. The van der Waals surface area contributed by atoms with Gasteiger partial charge in [-0.25, -0.2) is 4.79 Å². The van der Waals surface area contributed by atoms with Gasteiger partial charge in [-0.2, -0.15) is 0 Å². The summed E-state index contributed by atoms with van der Waals surface area (Å²) >= 11 is 0. The fraction of sp³-hybridized carbons (Fsp3) is 0.350. The molecule has 2 aromatic rings. The summed E-state index contributed by atoms with van der Waals surface area (Å²) in [6.45, 7) is 6.39. The molecule has 2 N–H and O–H groups in total. The lowest BCUT2D eigenvalue weighted by molar-refractivity contribution is 0.174. The summed E-state index contributed by atoms with van der Waals surface area (Å²) in [7, 11) is 0. The predicted octanol–water partition coefficient (Wildman–Crippen LogP) is 4.17. The normalized spacial score (nSPS) is 14.9. The Morgan fingerprint density at radius 1 is 0.920 bits per heavy atom. The molecule has 3 rings (SSSR count). The van der Waals surface area contributed by atoms with Crippen molar-refractivity contribution in [2.45, 2.75) is 32.9 Å². The van der Waals surface area contributed by atoms with Gasteiger partial charge in [-0.05, 0) is 36.1 Å². The Hall–Kier alpha value is -2.69. The average molecular weight is 340 g/mol. The van der Waals surface area contributed by atoms with Crippen LogP contribution in [0.1, 0.15) is 44.0 Å². The number of carbonyl (C=O) groups is 1. The first-order valence-electron chi connectivity index (χ1n) is 8.56. The smallest absolute Gasteiger partial charge is 0.315 e. The van der Waals surface area contributed by atoms with Gasteiger partial charge in [0, 0.05) is 0 Å². The number of amides is 2. The Morgan fingerprint density at radius 2 is 1.64 bits per heavy atom. The maximum absolute atomic E-state index is 12.5. The fourth-order valence-corrected chi connectivity index (χ4v) is 2.94. The molecule has 1 heterocycles. The molecule has 2 aromatic carbocycles.